The first-order chi connectivity index (χ1) is 15.7. The summed E-state index contributed by atoms with van der Waals surface area (Å²) in [7, 11) is 0. The lowest BCUT2D eigenvalue weighted by molar-refractivity contribution is -0.290. The van der Waals surface area contributed by atoms with E-state index in [4.69, 9.17) is 14.2 Å². The van der Waals surface area contributed by atoms with Crippen molar-refractivity contribution >= 4 is 12.0 Å². The molecule has 3 rings (SSSR count). The van der Waals surface area contributed by atoms with Crippen molar-refractivity contribution in [2.75, 3.05) is 6.61 Å². The lowest BCUT2D eigenvalue weighted by Crippen LogP contribution is -2.59. The average molecular weight is 464 g/mol. The summed E-state index contributed by atoms with van der Waals surface area (Å²) in [6.07, 6.45) is -7.86. The molecule has 0 saturated carbocycles. The average Bonchev–Trinajstić information content (AvgIpc) is 2.79. The van der Waals surface area contributed by atoms with Crippen LogP contribution < -0.4 is 4.74 Å². The van der Waals surface area contributed by atoms with Crippen LogP contribution in [0.3, 0.4) is 0 Å². The summed E-state index contributed by atoms with van der Waals surface area (Å²) in [5.74, 6) is -1.47. The number of rotatable bonds is 7. The molecule has 2 aromatic rings. The van der Waals surface area contributed by atoms with Crippen molar-refractivity contribution in [3.8, 4) is 23.0 Å². The highest BCUT2D eigenvalue weighted by Gasteiger charge is 2.45. The van der Waals surface area contributed by atoms with Gasteiger partial charge in [0.1, 0.15) is 47.4 Å². The Morgan fingerprint density at radius 3 is 2.27 bits per heavy atom. The topological polar surface area (TPSA) is 186 Å². The molecule has 2 aromatic carbocycles. The van der Waals surface area contributed by atoms with E-state index in [-0.39, 0.29) is 46.2 Å². The van der Waals surface area contributed by atoms with Crippen LogP contribution in [0.5, 0.6) is 23.0 Å². The van der Waals surface area contributed by atoms with E-state index in [0.29, 0.717) is 0 Å². The van der Waals surface area contributed by atoms with E-state index >= 15 is 0 Å². The Balaban J connectivity index is 2.05. The minimum atomic E-state index is -1.79. The second-order valence-electron chi connectivity index (χ2n) is 7.36. The zero-order chi connectivity index (χ0) is 24.3. The summed E-state index contributed by atoms with van der Waals surface area (Å²) >= 11 is 0. The second kappa shape index (κ2) is 10.1. The Morgan fingerprint density at radius 1 is 1.00 bits per heavy atom. The third-order valence-electron chi connectivity index (χ3n) is 5.08. The van der Waals surface area contributed by atoms with Crippen molar-refractivity contribution in [3.63, 3.8) is 0 Å². The van der Waals surface area contributed by atoms with Gasteiger partial charge >= 0.3 is 0 Å². The maximum atomic E-state index is 12.0. The number of hydrogen-bond acceptors (Lipinski definition) is 11. The number of ether oxygens (including phenoxy) is 3. The Labute approximate surface area is 188 Å². The van der Waals surface area contributed by atoms with Gasteiger partial charge in [0.25, 0.3) is 0 Å². The number of aldehydes is 1. The van der Waals surface area contributed by atoms with E-state index < -0.39 is 43.1 Å². The van der Waals surface area contributed by atoms with Crippen LogP contribution >= 0.6 is 0 Å². The van der Waals surface area contributed by atoms with Gasteiger partial charge in [-0.25, -0.2) is 0 Å². The Hall–Kier alpha value is -3.35. The third kappa shape index (κ3) is 5.18. The fourth-order valence-corrected chi connectivity index (χ4v) is 3.16. The number of carbonyl (C=O) groups is 1. The smallest absolute Gasteiger partial charge is 0.229 e. The first-order valence-electron chi connectivity index (χ1n) is 9.82. The van der Waals surface area contributed by atoms with Crippen molar-refractivity contribution < 1.29 is 54.8 Å². The van der Waals surface area contributed by atoms with Gasteiger partial charge in [0.05, 0.1) is 6.61 Å². The summed E-state index contributed by atoms with van der Waals surface area (Å²) in [5, 5.41) is 68.9. The molecule has 0 amide bonds. The summed E-state index contributed by atoms with van der Waals surface area (Å²) < 4.78 is 16.5. The van der Waals surface area contributed by atoms with Gasteiger partial charge in [-0.1, -0.05) is 0 Å². The molecule has 7 N–H and O–H groups in total. The van der Waals surface area contributed by atoms with Crippen molar-refractivity contribution in [2.45, 2.75) is 37.6 Å². The van der Waals surface area contributed by atoms with Crippen LogP contribution in [0, 0.1) is 6.92 Å². The molecule has 1 saturated heterocycles. The maximum absolute atomic E-state index is 12.0. The van der Waals surface area contributed by atoms with Gasteiger partial charge in [0.2, 0.25) is 12.0 Å². The Morgan fingerprint density at radius 2 is 1.67 bits per heavy atom. The molecule has 1 aliphatic heterocycles. The number of phenols is 3. The highest BCUT2D eigenvalue weighted by molar-refractivity contribution is 5.84. The molecule has 33 heavy (non-hydrogen) atoms. The quantitative estimate of drug-likeness (QED) is 0.164. The van der Waals surface area contributed by atoms with Crippen LogP contribution in [0.2, 0.25) is 0 Å². The highest BCUT2D eigenvalue weighted by atomic mass is 16.7. The number of phenolic OH excluding ortho intramolecular Hbond substituents is 3. The zero-order valence-electron chi connectivity index (χ0n) is 17.4. The molecule has 0 aliphatic carbocycles. The third-order valence-corrected chi connectivity index (χ3v) is 5.08. The molecule has 11 heteroatoms. The normalized spacial score (nSPS) is 25.8. The molecule has 1 fully saturated rings. The van der Waals surface area contributed by atoms with E-state index in [0.717, 1.165) is 6.07 Å². The van der Waals surface area contributed by atoms with Crippen LogP contribution in [0.1, 0.15) is 11.1 Å². The molecule has 1 aliphatic rings. The van der Waals surface area contributed by atoms with Crippen molar-refractivity contribution in [3.05, 3.63) is 53.3 Å². The fraction of sp³-hybridized carbons (Fsp3) is 0.318. The molecule has 5 unspecified atom stereocenters. The summed E-state index contributed by atoms with van der Waals surface area (Å²) in [6.45, 7) is 0.797. The van der Waals surface area contributed by atoms with Crippen molar-refractivity contribution in [1.29, 1.82) is 0 Å². The molecule has 1 heterocycles. The zero-order valence-corrected chi connectivity index (χ0v) is 17.4. The van der Waals surface area contributed by atoms with Crippen LogP contribution in [0.4, 0.5) is 0 Å². The van der Waals surface area contributed by atoms with Gasteiger partial charge < -0.3 is 50.0 Å². The largest absolute Gasteiger partial charge is 0.508 e. The van der Waals surface area contributed by atoms with Crippen LogP contribution in [0.15, 0.2) is 42.2 Å². The molecule has 0 bridgehead atoms. The minimum absolute atomic E-state index is 0.0349. The summed E-state index contributed by atoms with van der Waals surface area (Å²) in [4.78, 5) is 12.0. The summed E-state index contributed by atoms with van der Waals surface area (Å²) in [5.41, 5.74) is 0.448. The summed E-state index contributed by atoms with van der Waals surface area (Å²) in [6, 6.07) is 7.68. The standard InChI is InChI=1S/C22H24O11/c1-10-14(27)6-13(26)7-15(10)31-21(11-2-4-12(25)5-3-11)17(9-24)33-22-20(30)19(29)18(28)16(8-23)32-22/h2-7,9,16,18-20,22-23,25-30H,8H2,1H3. The SMILES string of the molecule is Cc1c(O)cc(O)cc1OC(=C(C=O)OC1OC(CO)C(O)C(O)C1O)c1ccc(O)cc1. The molecule has 0 spiro atoms. The van der Waals surface area contributed by atoms with E-state index in [1.165, 1.54) is 37.3 Å². The van der Waals surface area contributed by atoms with Gasteiger partial charge in [-0.05, 0) is 31.2 Å². The predicted octanol–water partition coefficient (Wildman–Crippen LogP) is -0.125. The molecule has 5 atom stereocenters. The van der Waals surface area contributed by atoms with E-state index in [9.17, 15) is 40.5 Å². The number of aromatic hydroxyl groups is 3. The molecule has 0 aromatic heterocycles. The Bertz CT molecular complexity index is 1020. The number of carbonyl (C=O) groups excluding carboxylic acids is 1. The minimum Gasteiger partial charge on any atom is -0.508 e. The van der Waals surface area contributed by atoms with Gasteiger partial charge in [-0.2, -0.15) is 0 Å². The molecule has 178 valence electrons. The number of hydrogen-bond donors (Lipinski definition) is 7. The van der Waals surface area contributed by atoms with Crippen LogP contribution in [-0.2, 0) is 14.3 Å². The van der Waals surface area contributed by atoms with Crippen LogP contribution in [0.25, 0.3) is 5.76 Å². The monoisotopic (exact) mass is 464 g/mol. The number of aliphatic hydroxyl groups excluding tert-OH is 4. The molecule has 0 radical (unpaired) electrons. The Kier molecular flexibility index (Phi) is 7.41. The molecular formula is C22H24O11. The van der Waals surface area contributed by atoms with E-state index in [2.05, 4.69) is 0 Å². The van der Waals surface area contributed by atoms with Gasteiger partial charge in [0.15, 0.2) is 12.0 Å². The number of allylic oxidation sites excluding steroid dienone is 1. The van der Waals surface area contributed by atoms with Gasteiger partial charge in [0, 0.05) is 23.3 Å². The predicted molar refractivity (Wildman–Crippen MR) is 111 cm³/mol. The van der Waals surface area contributed by atoms with E-state index in [1.807, 2.05) is 0 Å². The van der Waals surface area contributed by atoms with Crippen molar-refractivity contribution in [1.82, 2.24) is 0 Å². The van der Waals surface area contributed by atoms with Crippen LogP contribution in [-0.4, -0.2) is 79.3 Å². The maximum Gasteiger partial charge on any atom is 0.229 e. The fourth-order valence-electron chi connectivity index (χ4n) is 3.16. The first-order valence-corrected chi connectivity index (χ1v) is 9.82. The van der Waals surface area contributed by atoms with E-state index in [1.54, 1.807) is 0 Å². The first kappa shape index (κ1) is 24.3. The second-order valence-corrected chi connectivity index (χ2v) is 7.36. The molecular weight excluding hydrogens is 440 g/mol. The highest BCUT2D eigenvalue weighted by Crippen LogP contribution is 2.36. The van der Waals surface area contributed by atoms with Gasteiger partial charge in [-0.3, -0.25) is 4.79 Å². The lowest BCUT2D eigenvalue weighted by atomic mass is 9.99. The van der Waals surface area contributed by atoms with Gasteiger partial charge in [-0.15, -0.1) is 0 Å². The number of aliphatic hydroxyl groups is 4. The number of benzene rings is 2. The lowest BCUT2D eigenvalue weighted by Gasteiger charge is -2.39. The molecule has 11 nitrogen and oxygen atoms in total. The van der Waals surface area contributed by atoms with Crippen molar-refractivity contribution in [2.24, 2.45) is 0 Å².